The molecule has 5 heteroatoms. The van der Waals surface area contributed by atoms with Crippen LogP contribution in [0.25, 0.3) is 0 Å². The van der Waals surface area contributed by atoms with Gasteiger partial charge in [0, 0.05) is 28.4 Å². The maximum Gasteiger partial charge on any atom is 0.347 e. The Morgan fingerprint density at radius 1 is 1.08 bits per heavy atom. The number of quaternary nitrogens is 1. The maximum atomic E-state index is 14.1. The molecule has 2 fully saturated rings. The Bertz CT molecular complexity index is 900. The number of benzene rings is 2. The van der Waals surface area contributed by atoms with Crippen molar-refractivity contribution in [3.05, 3.63) is 74.9 Å². The van der Waals surface area contributed by atoms with Crippen LogP contribution < -0.4 is 0 Å². The van der Waals surface area contributed by atoms with Gasteiger partial charge in [-0.25, -0.2) is 4.79 Å². The van der Waals surface area contributed by atoms with Gasteiger partial charge in [0.2, 0.25) is 0 Å². The topological polar surface area (TPSA) is 60.4 Å². The van der Waals surface area contributed by atoms with E-state index in [2.05, 4.69) is 15.9 Å². The smallest absolute Gasteiger partial charge is 0.347 e. The average molecular weight is 414 g/mol. The molecule has 5 rings (SSSR count). The van der Waals surface area contributed by atoms with Gasteiger partial charge in [-0.2, -0.15) is 0 Å². The number of hydrogen-bond acceptors (Lipinski definition) is 3. The summed E-state index contributed by atoms with van der Waals surface area (Å²) in [5, 5.41) is 25.1. The Hall–Kier alpha value is -1.53. The highest BCUT2D eigenvalue weighted by Gasteiger charge is 2.70. The van der Waals surface area contributed by atoms with Crippen LogP contribution >= 0.6 is 15.9 Å². The Balaban J connectivity index is 1.62. The molecular weight excluding hydrogens is 394 g/mol. The summed E-state index contributed by atoms with van der Waals surface area (Å²) in [6, 6.07) is 14.9. The van der Waals surface area contributed by atoms with Gasteiger partial charge in [-0.05, 0) is 37.0 Å². The summed E-state index contributed by atoms with van der Waals surface area (Å²) in [5.74, 6) is -0.0980. The number of rotatable bonds is 3. The van der Waals surface area contributed by atoms with Crippen LogP contribution in [0.15, 0.2) is 53.0 Å². The van der Waals surface area contributed by atoms with E-state index in [9.17, 15) is 15.1 Å². The molecule has 134 valence electrons. The molecule has 3 aliphatic rings. The fourth-order valence-electron chi connectivity index (χ4n) is 5.02. The van der Waals surface area contributed by atoms with Gasteiger partial charge >= 0.3 is 5.91 Å². The second-order valence-electron chi connectivity index (χ2n) is 8.13. The van der Waals surface area contributed by atoms with Crippen molar-refractivity contribution < 1.29 is 14.5 Å². The molecule has 1 aliphatic heterocycles. The van der Waals surface area contributed by atoms with Crippen LogP contribution in [0.2, 0.25) is 0 Å². The molecular formula is C21H20BrNO3. The molecule has 2 aromatic carbocycles. The highest BCUT2D eigenvalue weighted by atomic mass is 79.9. The van der Waals surface area contributed by atoms with E-state index in [0.717, 1.165) is 28.4 Å². The highest BCUT2D eigenvalue weighted by Crippen LogP contribution is 2.64. The number of fused-ring (bicyclic) bond motifs is 1. The van der Waals surface area contributed by atoms with E-state index in [1.54, 1.807) is 12.1 Å². The largest absolute Gasteiger partial charge is 0.624 e. The lowest BCUT2D eigenvalue weighted by atomic mass is 9.58. The number of aliphatic hydroxyl groups is 1. The molecule has 0 aromatic heterocycles. The van der Waals surface area contributed by atoms with Crippen LogP contribution in [-0.2, 0) is 12.1 Å². The molecule has 26 heavy (non-hydrogen) atoms. The average Bonchev–Trinajstić information content (AvgIpc) is 3.41. The quantitative estimate of drug-likeness (QED) is 0.604. The molecule has 1 heterocycles. The molecule has 2 saturated carbocycles. The Labute approximate surface area is 160 Å². The normalized spacial score (nSPS) is 35.9. The molecule has 1 atom stereocenters. The number of hydrogen-bond donors (Lipinski definition) is 1. The fourth-order valence-corrected chi connectivity index (χ4v) is 5.28. The molecule has 0 saturated heterocycles. The summed E-state index contributed by atoms with van der Waals surface area (Å²) in [6.07, 6.45) is 2.74. The van der Waals surface area contributed by atoms with E-state index in [-0.39, 0.29) is 18.4 Å². The summed E-state index contributed by atoms with van der Waals surface area (Å²) in [5.41, 5.74) is 0.472. The van der Waals surface area contributed by atoms with Crippen molar-refractivity contribution in [3.63, 3.8) is 0 Å². The van der Waals surface area contributed by atoms with Crippen molar-refractivity contribution in [2.75, 3.05) is 0 Å². The van der Waals surface area contributed by atoms with Crippen molar-refractivity contribution in [1.29, 1.82) is 0 Å². The molecule has 0 radical (unpaired) electrons. The van der Waals surface area contributed by atoms with E-state index in [1.807, 2.05) is 36.4 Å². The second-order valence-corrected chi connectivity index (χ2v) is 9.05. The molecule has 0 bridgehead atoms. The molecule has 2 aliphatic carbocycles. The zero-order valence-electron chi connectivity index (χ0n) is 14.3. The van der Waals surface area contributed by atoms with Crippen molar-refractivity contribution >= 4 is 21.8 Å². The number of amides is 1. The third-order valence-electron chi connectivity index (χ3n) is 6.58. The lowest BCUT2D eigenvalue weighted by molar-refractivity contribution is -0.886. The number of carbonyl (C=O) groups excluding carboxylic acids is 1. The summed E-state index contributed by atoms with van der Waals surface area (Å²) in [4.78, 5) is 13.2. The van der Waals surface area contributed by atoms with E-state index in [1.165, 1.54) is 0 Å². The van der Waals surface area contributed by atoms with Gasteiger partial charge in [-0.1, -0.05) is 46.3 Å². The summed E-state index contributed by atoms with van der Waals surface area (Å²) in [6.45, 7) is 0.145. The first-order valence-corrected chi connectivity index (χ1v) is 9.88. The number of nitrogens with zero attached hydrogens (tertiary/aromatic N) is 1. The van der Waals surface area contributed by atoms with Crippen molar-refractivity contribution in [3.8, 4) is 0 Å². The van der Waals surface area contributed by atoms with Crippen molar-refractivity contribution in [2.45, 2.75) is 43.4 Å². The standard InChI is InChI=1S/C21H20BrNO3/c22-17-9-7-15(8-10-17)20(12-21(25,13-20)16-5-6-16)23(26)11-14-3-1-2-4-18(14)19(23)24/h1-4,7-10,16,25H,5-6,11-13H2. The van der Waals surface area contributed by atoms with Crippen LogP contribution in [0.1, 0.15) is 47.2 Å². The zero-order valence-corrected chi connectivity index (χ0v) is 15.9. The van der Waals surface area contributed by atoms with Crippen LogP contribution in [0.4, 0.5) is 0 Å². The first-order valence-electron chi connectivity index (χ1n) is 9.08. The molecule has 1 amide bonds. The third-order valence-corrected chi connectivity index (χ3v) is 7.10. The number of carbonyl (C=O) groups is 1. The Morgan fingerprint density at radius 2 is 1.73 bits per heavy atom. The van der Waals surface area contributed by atoms with E-state index < -0.39 is 15.8 Å². The van der Waals surface area contributed by atoms with Crippen LogP contribution in [-0.4, -0.2) is 21.3 Å². The van der Waals surface area contributed by atoms with Crippen LogP contribution in [0.3, 0.4) is 0 Å². The predicted molar refractivity (Wildman–Crippen MR) is 101 cm³/mol. The zero-order chi connectivity index (χ0) is 18.2. The van der Waals surface area contributed by atoms with Crippen LogP contribution in [0, 0.1) is 11.1 Å². The highest BCUT2D eigenvalue weighted by molar-refractivity contribution is 9.10. The lowest BCUT2D eigenvalue weighted by Gasteiger charge is -2.63. The second kappa shape index (κ2) is 5.26. The Morgan fingerprint density at radius 3 is 2.35 bits per heavy atom. The summed E-state index contributed by atoms with van der Waals surface area (Å²) < 4.78 is 0.0184. The van der Waals surface area contributed by atoms with Gasteiger partial charge < -0.3 is 10.3 Å². The first kappa shape index (κ1) is 16.6. The van der Waals surface area contributed by atoms with Gasteiger partial charge in [-0.15, -0.1) is 0 Å². The minimum atomic E-state index is -0.914. The SMILES string of the molecule is O=C1c2ccccc2C[N+]1([O-])C1(c2ccc(Br)cc2)CC(O)(C2CC2)C1. The Kier molecular flexibility index (Phi) is 3.36. The van der Waals surface area contributed by atoms with Gasteiger partial charge in [-0.3, -0.25) is 4.65 Å². The lowest BCUT2D eigenvalue weighted by Crippen LogP contribution is -2.70. The van der Waals surface area contributed by atoms with Crippen molar-refractivity contribution in [1.82, 2.24) is 0 Å². The van der Waals surface area contributed by atoms with E-state index in [0.29, 0.717) is 18.4 Å². The van der Waals surface area contributed by atoms with Gasteiger partial charge in [0.1, 0.15) is 12.1 Å². The van der Waals surface area contributed by atoms with Crippen LogP contribution in [0.5, 0.6) is 0 Å². The van der Waals surface area contributed by atoms with Gasteiger partial charge in [0.05, 0.1) is 11.2 Å². The maximum absolute atomic E-state index is 14.1. The van der Waals surface area contributed by atoms with E-state index >= 15 is 0 Å². The fraction of sp³-hybridized carbons (Fsp3) is 0.381. The first-order chi connectivity index (χ1) is 12.4. The predicted octanol–water partition coefficient (Wildman–Crippen LogP) is 4.25. The summed E-state index contributed by atoms with van der Waals surface area (Å²) >= 11 is 3.44. The molecule has 1 unspecified atom stereocenters. The molecule has 1 N–H and O–H groups in total. The minimum Gasteiger partial charge on any atom is -0.624 e. The summed E-state index contributed by atoms with van der Waals surface area (Å²) in [7, 11) is 0. The molecule has 4 nitrogen and oxygen atoms in total. The number of halogens is 1. The monoisotopic (exact) mass is 413 g/mol. The molecule has 2 aromatic rings. The minimum absolute atomic E-state index is 0.145. The van der Waals surface area contributed by atoms with Gasteiger partial charge in [0.25, 0.3) is 0 Å². The van der Waals surface area contributed by atoms with Crippen molar-refractivity contribution in [2.24, 2.45) is 5.92 Å². The molecule has 0 spiro atoms. The third kappa shape index (κ3) is 2.09. The van der Waals surface area contributed by atoms with E-state index in [4.69, 9.17) is 0 Å². The number of hydroxylamine groups is 3. The van der Waals surface area contributed by atoms with Gasteiger partial charge in [0.15, 0.2) is 0 Å².